The number of likely N-dealkylation sites (N-methyl/N-ethyl adjacent to an activating group) is 1. The number of rotatable bonds is 7. The maximum Gasteiger partial charge on any atom is 0.246 e. The summed E-state index contributed by atoms with van der Waals surface area (Å²) < 4.78 is 33.4. The van der Waals surface area contributed by atoms with Crippen LogP contribution in [0.3, 0.4) is 0 Å². The Morgan fingerprint density at radius 3 is 2.49 bits per heavy atom. The quantitative estimate of drug-likeness (QED) is 0.586. The van der Waals surface area contributed by atoms with Gasteiger partial charge in [-0.15, -0.1) is 0 Å². The van der Waals surface area contributed by atoms with Gasteiger partial charge in [-0.05, 0) is 44.0 Å². The summed E-state index contributed by atoms with van der Waals surface area (Å²) in [6, 6.07) is 2.91. The first-order valence-corrected chi connectivity index (χ1v) is 12.2. The van der Waals surface area contributed by atoms with Crippen molar-refractivity contribution in [2.45, 2.75) is 58.3 Å². The Kier molecular flexibility index (Phi) is 7.44. The molecule has 11 heteroatoms. The number of nitrogens with zero attached hydrogens (tertiary/aromatic N) is 4. The van der Waals surface area contributed by atoms with E-state index in [1.807, 2.05) is 25.7 Å². The lowest BCUT2D eigenvalue weighted by Gasteiger charge is -2.36. The molecule has 0 saturated carbocycles. The predicted molar refractivity (Wildman–Crippen MR) is 133 cm³/mol. The molecule has 37 heavy (non-hydrogen) atoms. The highest BCUT2D eigenvalue weighted by molar-refractivity contribution is 5.91. The topological polar surface area (TPSA) is 99.7 Å². The van der Waals surface area contributed by atoms with E-state index in [9.17, 15) is 18.4 Å². The maximum absolute atomic E-state index is 14.0. The van der Waals surface area contributed by atoms with Gasteiger partial charge in [-0.1, -0.05) is 20.8 Å². The number of likely N-dealkylation sites (tertiary alicyclic amines) is 1. The molecule has 0 aliphatic carbocycles. The van der Waals surface area contributed by atoms with E-state index in [-0.39, 0.29) is 23.6 Å². The maximum atomic E-state index is 14.0. The number of aromatic nitrogens is 2. The Labute approximate surface area is 214 Å². The standard InChI is InChI=1S/C26H32F2N6O3/c1-15(29-5)23(35)32-22(26(2,3)4)24(36)33-12-9-19-21(33)20(14-34(19)25-30-10-6-11-31-25)37-16-7-8-17(27)18(28)13-16/h6-8,10-11,13-15,19,21-22,29H,9,12H2,1-5H3,(H,32,35). The SMILES string of the molecule is CNC(C)C(=O)NC(C(=O)N1CCC2C1C(Oc1ccc(F)c(F)c1)=CN2c1ncccn1)C(C)(C)C. The van der Waals surface area contributed by atoms with Crippen LogP contribution >= 0.6 is 0 Å². The van der Waals surface area contributed by atoms with Crippen LogP contribution in [0.25, 0.3) is 0 Å². The van der Waals surface area contributed by atoms with Crippen molar-refractivity contribution in [1.82, 2.24) is 25.5 Å². The van der Waals surface area contributed by atoms with E-state index in [0.29, 0.717) is 24.7 Å². The number of anilines is 1. The average molecular weight is 515 g/mol. The van der Waals surface area contributed by atoms with Crippen LogP contribution in [0.4, 0.5) is 14.7 Å². The molecular formula is C26H32F2N6O3. The highest BCUT2D eigenvalue weighted by Gasteiger charge is 2.51. The molecule has 2 aliphatic rings. The first-order chi connectivity index (χ1) is 17.5. The lowest BCUT2D eigenvalue weighted by atomic mass is 9.85. The fourth-order valence-electron chi connectivity index (χ4n) is 4.57. The van der Waals surface area contributed by atoms with Crippen molar-refractivity contribution < 1.29 is 23.1 Å². The predicted octanol–water partition coefficient (Wildman–Crippen LogP) is 2.60. The summed E-state index contributed by atoms with van der Waals surface area (Å²) in [5.41, 5.74) is -0.579. The average Bonchev–Trinajstić information content (AvgIpc) is 3.45. The fraction of sp³-hybridized carbons (Fsp3) is 0.462. The third-order valence-electron chi connectivity index (χ3n) is 6.70. The number of hydrogen-bond acceptors (Lipinski definition) is 7. The Hall–Kier alpha value is -3.60. The smallest absolute Gasteiger partial charge is 0.246 e. The summed E-state index contributed by atoms with van der Waals surface area (Å²) in [7, 11) is 1.68. The molecular weight excluding hydrogens is 482 g/mol. The summed E-state index contributed by atoms with van der Waals surface area (Å²) in [6.45, 7) is 7.79. The van der Waals surface area contributed by atoms with Gasteiger partial charge in [0.1, 0.15) is 23.6 Å². The second-order valence-electron chi connectivity index (χ2n) is 10.3. The molecule has 9 nitrogen and oxygen atoms in total. The molecule has 4 rings (SSSR count). The van der Waals surface area contributed by atoms with Crippen LogP contribution in [0, 0.1) is 17.0 Å². The van der Waals surface area contributed by atoms with Gasteiger partial charge in [0.05, 0.1) is 12.1 Å². The Morgan fingerprint density at radius 1 is 1.16 bits per heavy atom. The van der Waals surface area contributed by atoms with Crippen molar-refractivity contribution in [1.29, 1.82) is 0 Å². The third-order valence-corrected chi connectivity index (χ3v) is 6.70. The molecule has 3 heterocycles. The number of carbonyl (C=O) groups excluding carboxylic acids is 2. The summed E-state index contributed by atoms with van der Waals surface area (Å²) in [5, 5.41) is 5.79. The molecule has 4 unspecified atom stereocenters. The molecule has 2 aromatic rings. The second kappa shape index (κ2) is 10.4. The van der Waals surface area contributed by atoms with Crippen molar-refractivity contribution in [2.24, 2.45) is 5.41 Å². The molecule has 0 radical (unpaired) electrons. The van der Waals surface area contributed by atoms with Gasteiger partial charge in [-0.3, -0.25) is 9.59 Å². The number of fused-ring (bicyclic) bond motifs is 1. The Morgan fingerprint density at radius 2 is 1.86 bits per heavy atom. The van der Waals surface area contributed by atoms with E-state index in [1.54, 1.807) is 43.5 Å². The number of amides is 2. The molecule has 0 spiro atoms. The molecule has 4 atom stereocenters. The van der Waals surface area contributed by atoms with Crippen LogP contribution in [0.1, 0.15) is 34.1 Å². The minimum Gasteiger partial charge on any atom is -0.458 e. The van der Waals surface area contributed by atoms with Crippen molar-refractivity contribution in [3.05, 3.63) is 60.3 Å². The van der Waals surface area contributed by atoms with Crippen LogP contribution in [0.2, 0.25) is 0 Å². The van der Waals surface area contributed by atoms with Crippen LogP contribution < -0.4 is 20.3 Å². The van der Waals surface area contributed by atoms with Crippen molar-refractivity contribution >= 4 is 17.8 Å². The lowest BCUT2D eigenvalue weighted by molar-refractivity contribution is -0.140. The number of halogens is 2. The van der Waals surface area contributed by atoms with Crippen molar-refractivity contribution in [3.8, 4) is 5.75 Å². The molecule has 2 amide bonds. The largest absolute Gasteiger partial charge is 0.458 e. The minimum atomic E-state index is -1.04. The highest BCUT2D eigenvalue weighted by atomic mass is 19.2. The van der Waals surface area contributed by atoms with Gasteiger partial charge in [0.2, 0.25) is 17.8 Å². The molecule has 1 fully saturated rings. The highest BCUT2D eigenvalue weighted by Crippen LogP contribution is 2.38. The van der Waals surface area contributed by atoms with Gasteiger partial charge in [-0.2, -0.15) is 0 Å². The third kappa shape index (κ3) is 5.41. The zero-order valence-electron chi connectivity index (χ0n) is 21.5. The van der Waals surface area contributed by atoms with Gasteiger partial charge in [0.15, 0.2) is 11.6 Å². The van der Waals surface area contributed by atoms with Gasteiger partial charge in [-0.25, -0.2) is 18.7 Å². The van der Waals surface area contributed by atoms with Crippen LogP contribution in [-0.4, -0.2) is 64.4 Å². The summed E-state index contributed by atoms with van der Waals surface area (Å²) in [6.07, 6.45) is 5.52. The number of carbonyl (C=O) groups is 2. The van der Waals surface area contributed by atoms with E-state index < -0.39 is 35.2 Å². The lowest BCUT2D eigenvalue weighted by Crippen LogP contribution is -2.59. The molecule has 1 aromatic carbocycles. The molecule has 2 aliphatic heterocycles. The first kappa shape index (κ1) is 26.5. The van der Waals surface area contributed by atoms with Gasteiger partial charge >= 0.3 is 0 Å². The Bertz CT molecular complexity index is 1190. The van der Waals surface area contributed by atoms with Gasteiger partial charge < -0.3 is 25.2 Å². The van der Waals surface area contributed by atoms with E-state index in [1.165, 1.54) is 6.07 Å². The fourth-order valence-corrected chi connectivity index (χ4v) is 4.57. The molecule has 0 bridgehead atoms. The van der Waals surface area contributed by atoms with E-state index in [4.69, 9.17) is 4.74 Å². The molecule has 1 aromatic heterocycles. The number of benzene rings is 1. The van der Waals surface area contributed by atoms with Crippen molar-refractivity contribution in [3.63, 3.8) is 0 Å². The molecule has 1 saturated heterocycles. The van der Waals surface area contributed by atoms with Crippen LogP contribution in [0.15, 0.2) is 48.6 Å². The number of nitrogens with one attached hydrogen (secondary N) is 2. The zero-order chi connectivity index (χ0) is 26.9. The minimum absolute atomic E-state index is 0.0996. The number of ether oxygens (including phenoxy) is 1. The van der Waals surface area contributed by atoms with Crippen molar-refractivity contribution in [2.75, 3.05) is 18.5 Å². The van der Waals surface area contributed by atoms with Gasteiger partial charge in [0, 0.05) is 31.2 Å². The van der Waals surface area contributed by atoms with Crippen LogP contribution in [-0.2, 0) is 9.59 Å². The summed E-state index contributed by atoms with van der Waals surface area (Å²) in [4.78, 5) is 38.9. The monoisotopic (exact) mass is 514 g/mol. The molecule has 2 N–H and O–H groups in total. The molecule has 198 valence electrons. The zero-order valence-corrected chi connectivity index (χ0v) is 21.5. The van der Waals surface area contributed by atoms with Gasteiger partial charge in [0.25, 0.3) is 0 Å². The van der Waals surface area contributed by atoms with E-state index >= 15 is 0 Å². The second-order valence-corrected chi connectivity index (χ2v) is 10.3. The van der Waals surface area contributed by atoms with E-state index in [2.05, 4.69) is 20.6 Å². The summed E-state index contributed by atoms with van der Waals surface area (Å²) in [5.74, 6) is -1.66. The van der Waals surface area contributed by atoms with Crippen LogP contribution in [0.5, 0.6) is 5.75 Å². The van der Waals surface area contributed by atoms with E-state index in [0.717, 1.165) is 12.1 Å². The number of hydrogen-bond donors (Lipinski definition) is 2. The first-order valence-electron chi connectivity index (χ1n) is 12.2. The Balaban J connectivity index is 1.67. The summed E-state index contributed by atoms with van der Waals surface area (Å²) >= 11 is 0. The normalized spacial score (nSPS) is 20.8.